The first-order valence-corrected chi connectivity index (χ1v) is 8.45. The molecule has 0 aliphatic rings. The maximum Gasteiger partial charge on any atom is 0.119 e. The second kappa shape index (κ2) is 9.41. The molecule has 108 valence electrons. The molecular weight excluding hydrogens is 300 g/mol. The minimum atomic E-state index is 0.240. The second-order valence-electron chi connectivity index (χ2n) is 5.41. The summed E-state index contributed by atoms with van der Waals surface area (Å²) < 4.78 is 5.66. The van der Waals surface area contributed by atoms with E-state index in [4.69, 9.17) is 4.74 Å². The highest BCUT2D eigenvalue weighted by Crippen LogP contribution is 2.30. The Morgan fingerprint density at radius 3 is 2.21 bits per heavy atom. The maximum atomic E-state index is 5.66. The highest BCUT2D eigenvalue weighted by Gasteiger charge is 2.07. The van der Waals surface area contributed by atoms with E-state index in [1.807, 2.05) is 0 Å². The monoisotopic (exact) mass is 326 g/mol. The van der Waals surface area contributed by atoms with Gasteiger partial charge in [0.05, 0.1) is 6.10 Å². The van der Waals surface area contributed by atoms with Gasteiger partial charge in [-0.3, -0.25) is 0 Å². The summed E-state index contributed by atoms with van der Waals surface area (Å²) in [5.74, 6) is 0.960. The number of halogens is 1. The number of rotatable bonds is 9. The molecule has 0 spiro atoms. The molecule has 1 unspecified atom stereocenters. The van der Waals surface area contributed by atoms with E-state index in [1.54, 1.807) is 0 Å². The lowest BCUT2D eigenvalue weighted by molar-refractivity contribution is 0.242. The van der Waals surface area contributed by atoms with Crippen molar-refractivity contribution >= 4 is 15.9 Å². The Labute approximate surface area is 126 Å². The van der Waals surface area contributed by atoms with Crippen LogP contribution in [0.25, 0.3) is 0 Å². The second-order valence-corrected chi connectivity index (χ2v) is 6.51. The van der Waals surface area contributed by atoms with Crippen molar-refractivity contribution in [3.05, 3.63) is 29.8 Å². The molecule has 1 rings (SSSR count). The summed E-state index contributed by atoms with van der Waals surface area (Å²) in [5.41, 5.74) is 1.35. The molecule has 1 aromatic carbocycles. The molecule has 0 amide bonds. The number of benzene rings is 1. The summed E-state index contributed by atoms with van der Waals surface area (Å²) in [6.45, 7) is 6.36. The third kappa shape index (κ3) is 7.00. The zero-order valence-electron chi connectivity index (χ0n) is 12.5. The number of hydrogen-bond donors (Lipinski definition) is 0. The average Bonchev–Trinajstić information content (AvgIpc) is 2.38. The SMILES string of the molecule is CCCCCCCC(Br)c1ccc(OC(C)C)cc1. The number of ether oxygens (including phenoxy) is 1. The predicted octanol–water partition coefficient (Wildman–Crippen LogP) is 6.27. The van der Waals surface area contributed by atoms with E-state index >= 15 is 0 Å². The summed E-state index contributed by atoms with van der Waals surface area (Å²) in [5, 5.41) is 0. The predicted molar refractivity (Wildman–Crippen MR) is 87.3 cm³/mol. The van der Waals surface area contributed by atoms with Crippen LogP contribution in [0.3, 0.4) is 0 Å². The third-order valence-electron chi connectivity index (χ3n) is 3.17. The molecule has 1 atom stereocenters. The molecule has 0 fully saturated rings. The van der Waals surface area contributed by atoms with Crippen molar-refractivity contribution in [2.45, 2.75) is 70.2 Å². The molecule has 0 aliphatic carbocycles. The van der Waals surface area contributed by atoms with Gasteiger partial charge in [-0.05, 0) is 38.0 Å². The van der Waals surface area contributed by atoms with E-state index < -0.39 is 0 Å². The van der Waals surface area contributed by atoms with Gasteiger partial charge in [-0.15, -0.1) is 0 Å². The van der Waals surface area contributed by atoms with E-state index in [0.29, 0.717) is 4.83 Å². The molecule has 0 saturated carbocycles. The van der Waals surface area contributed by atoms with Crippen LogP contribution < -0.4 is 4.74 Å². The minimum absolute atomic E-state index is 0.240. The van der Waals surface area contributed by atoms with Gasteiger partial charge in [0, 0.05) is 4.83 Å². The summed E-state index contributed by atoms with van der Waals surface area (Å²) >= 11 is 3.79. The summed E-state index contributed by atoms with van der Waals surface area (Å²) in [7, 11) is 0. The fraction of sp³-hybridized carbons (Fsp3) is 0.647. The van der Waals surface area contributed by atoms with Crippen molar-refractivity contribution in [1.82, 2.24) is 0 Å². The molecule has 0 bridgehead atoms. The molecule has 0 saturated heterocycles. The fourth-order valence-electron chi connectivity index (χ4n) is 2.12. The fourth-order valence-corrected chi connectivity index (χ4v) is 2.75. The van der Waals surface area contributed by atoms with Crippen LogP contribution in [-0.2, 0) is 0 Å². The summed E-state index contributed by atoms with van der Waals surface area (Å²) in [4.78, 5) is 0.474. The van der Waals surface area contributed by atoms with Crippen molar-refractivity contribution in [3.8, 4) is 5.75 Å². The zero-order valence-corrected chi connectivity index (χ0v) is 14.1. The highest BCUT2D eigenvalue weighted by atomic mass is 79.9. The van der Waals surface area contributed by atoms with Gasteiger partial charge in [0.15, 0.2) is 0 Å². The molecule has 0 aliphatic heterocycles. The average molecular weight is 327 g/mol. The third-order valence-corrected chi connectivity index (χ3v) is 4.16. The lowest BCUT2D eigenvalue weighted by Crippen LogP contribution is -2.05. The lowest BCUT2D eigenvalue weighted by Gasteiger charge is -2.13. The Kier molecular flexibility index (Phi) is 8.20. The van der Waals surface area contributed by atoms with Crippen LogP contribution in [0.2, 0.25) is 0 Å². The van der Waals surface area contributed by atoms with E-state index in [1.165, 1.54) is 44.1 Å². The van der Waals surface area contributed by atoms with Crippen molar-refractivity contribution in [2.75, 3.05) is 0 Å². The molecule has 1 aromatic rings. The molecular formula is C17H27BrO. The number of unbranched alkanes of at least 4 members (excludes halogenated alkanes) is 4. The Morgan fingerprint density at radius 2 is 1.63 bits per heavy atom. The van der Waals surface area contributed by atoms with Crippen LogP contribution in [0.15, 0.2) is 24.3 Å². The Bertz CT molecular complexity index is 332. The molecule has 1 nitrogen and oxygen atoms in total. The highest BCUT2D eigenvalue weighted by molar-refractivity contribution is 9.09. The molecule has 2 heteroatoms. The molecule has 0 radical (unpaired) electrons. The first kappa shape index (κ1) is 16.6. The largest absolute Gasteiger partial charge is 0.491 e. The lowest BCUT2D eigenvalue weighted by atomic mass is 10.0. The van der Waals surface area contributed by atoms with Gasteiger partial charge in [0.2, 0.25) is 0 Å². The van der Waals surface area contributed by atoms with Gasteiger partial charge >= 0.3 is 0 Å². The van der Waals surface area contributed by atoms with Gasteiger partial charge < -0.3 is 4.74 Å². The Morgan fingerprint density at radius 1 is 1.00 bits per heavy atom. The van der Waals surface area contributed by atoms with Crippen molar-refractivity contribution < 1.29 is 4.74 Å². The van der Waals surface area contributed by atoms with Crippen LogP contribution in [0.4, 0.5) is 0 Å². The van der Waals surface area contributed by atoms with Gasteiger partial charge in [-0.1, -0.05) is 67.1 Å². The van der Waals surface area contributed by atoms with Gasteiger partial charge in [0.25, 0.3) is 0 Å². The van der Waals surface area contributed by atoms with Crippen molar-refractivity contribution in [3.63, 3.8) is 0 Å². The van der Waals surface area contributed by atoms with E-state index in [2.05, 4.69) is 61.0 Å². The minimum Gasteiger partial charge on any atom is -0.491 e. The quantitative estimate of drug-likeness (QED) is 0.383. The smallest absolute Gasteiger partial charge is 0.119 e. The van der Waals surface area contributed by atoms with Crippen molar-refractivity contribution in [2.24, 2.45) is 0 Å². The van der Waals surface area contributed by atoms with Crippen LogP contribution in [-0.4, -0.2) is 6.10 Å². The van der Waals surface area contributed by atoms with Gasteiger partial charge in [-0.2, -0.15) is 0 Å². The maximum absolute atomic E-state index is 5.66. The Balaban J connectivity index is 2.33. The van der Waals surface area contributed by atoms with Crippen molar-refractivity contribution in [1.29, 1.82) is 0 Å². The van der Waals surface area contributed by atoms with E-state index in [0.717, 1.165) is 5.75 Å². The standard InChI is InChI=1S/C17H27BrO/c1-4-5-6-7-8-9-17(18)15-10-12-16(13-11-15)19-14(2)3/h10-14,17H,4-9H2,1-3H3. The topological polar surface area (TPSA) is 9.23 Å². The van der Waals surface area contributed by atoms with Crippen LogP contribution in [0.5, 0.6) is 5.75 Å². The Hall–Kier alpha value is -0.500. The van der Waals surface area contributed by atoms with E-state index in [-0.39, 0.29) is 6.10 Å². The molecule has 0 aromatic heterocycles. The van der Waals surface area contributed by atoms with Gasteiger partial charge in [0.1, 0.15) is 5.75 Å². The molecule has 0 N–H and O–H groups in total. The normalized spacial score (nSPS) is 12.7. The summed E-state index contributed by atoms with van der Waals surface area (Å²) in [6.07, 6.45) is 8.17. The summed E-state index contributed by atoms with van der Waals surface area (Å²) in [6, 6.07) is 8.48. The van der Waals surface area contributed by atoms with Crippen LogP contribution in [0.1, 0.15) is 69.7 Å². The number of hydrogen-bond acceptors (Lipinski definition) is 1. The van der Waals surface area contributed by atoms with Crippen LogP contribution in [0, 0.1) is 0 Å². The van der Waals surface area contributed by atoms with Crippen LogP contribution >= 0.6 is 15.9 Å². The van der Waals surface area contributed by atoms with Gasteiger partial charge in [-0.25, -0.2) is 0 Å². The molecule has 0 heterocycles. The molecule has 19 heavy (non-hydrogen) atoms. The zero-order chi connectivity index (χ0) is 14.1. The first-order valence-electron chi connectivity index (χ1n) is 7.54. The number of alkyl halides is 1. The van der Waals surface area contributed by atoms with E-state index in [9.17, 15) is 0 Å². The first-order chi connectivity index (χ1) is 9.13.